The molecule has 0 radical (unpaired) electrons. The van der Waals surface area contributed by atoms with Gasteiger partial charge in [0.2, 0.25) is 0 Å². The van der Waals surface area contributed by atoms with E-state index >= 15 is 0 Å². The molecule has 128 valence electrons. The highest BCUT2D eigenvalue weighted by atomic mass is 35.5. The Morgan fingerprint density at radius 1 is 1.12 bits per heavy atom. The van der Waals surface area contributed by atoms with Crippen LogP contribution in [-0.2, 0) is 10.4 Å². The lowest BCUT2D eigenvalue weighted by atomic mass is 9.88. The number of halogens is 2. The monoisotopic (exact) mass is 376 g/mol. The van der Waals surface area contributed by atoms with Crippen LogP contribution in [0.3, 0.4) is 0 Å². The highest BCUT2D eigenvalue weighted by molar-refractivity contribution is 6.38. The van der Waals surface area contributed by atoms with Crippen LogP contribution in [0.25, 0.3) is 0 Å². The molecule has 2 N–H and O–H groups in total. The maximum absolute atomic E-state index is 12.6. The zero-order valence-corrected chi connectivity index (χ0v) is 14.6. The summed E-state index contributed by atoms with van der Waals surface area (Å²) in [5, 5.41) is 13.9. The third-order valence-corrected chi connectivity index (χ3v) is 5.18. The fourth-order valence-electron chi connectivity index (χ4n) is 3.08. The van der Waals surface area contributed by atoms with Gasteiger partial charge in [-0.1, -0.05) is 23.2 Å². The standard InChI is InChI=1S/C18H14Cl2N2O3/c19-12-5-6-13(20)16-15(12)18(25,17(24)21-16)9-14(23)10-1-3-11(4-2-10)22-7-8-22/h1-6,25H,7-9H2,(H,21,24)/t18-/m1/s1. The minimum atomic E-state index is -2.03. The van der Waals surface area contributed by atoms with Crippen LogP contribution in [0, 0.1) is 0 Å². The van der Waals surface area contributed by atoms with E-state index in [1.54, 1.807) is 12.1 Å². The minimum Gasteiger partial charge on any atom is -0.375 e. The fraction of sp³-hybridized carbons (Fsp3) is 0.222. The first-order valence-electron chi connectivity index (χ1n) is 7.81. The Labute approximate surface area is 154 Å². The van der Waals surface area contributed by atoms with Gasteiger partial charge in [0.1, 0.15) is 0 Å². The zero-order chi connectivity index (χ0) is 17.8. The van der Waals surface area contributed by atoms with Crippen molar-refractivity contribution in [2.75, 3.05) is 23.3 Å². The second kappa shape index (κ2) is 5.73. The molecule has 1 atom stereocenters. The Morgan fingerprint density at radius 3 is 2.40 bits per heavy atom. The van der Waals surface area contributed by atoms with Gasteiger partial charge in [0.15, 0.2) is 11.4 Å². The number of ketones is 1. The van der Waals surface area contributed by atoms with Crippen molar-refractivity contribution in [3.8, 4) is 0 Å². The van der Waals surface area contributed by atoms with E-state index in [2.05, 4.69) is 10.2 Å². The van der Waals surface area contributed by atoms with E-state index in [0.29, 0.717) is 5.56 Å². The summed E-state index contributed by atoms with van der Waals surface area (Å²) in [4.78, 5) is 27.1. The molecule has 2 aliphatic heterocycles. The Hall–Kier alpha value is -2.08. The van der Waals surface area contributed by atoms with E-state index in [1.165, 1.54) is 12.1 Å². The number of rotatable bonds is 4. The summed E-state index contributed by atoms with van der Waals surface area (Å²) < 4.78 is 0. The number of carbonyl (C=O) groups is 2. The Kier molecular flexibility index (Phi) is 3.76. The first-order chi connectivity index (χ1) is 11.9. The molecule has 0 bridgehead atoms. The normalized spacial score (nSPS) is 21.1. The maximum Gasteiger partial charge on any atom is 0.261 e. The van der Waals surface area contributed by atoms with Crippen molar-refractivity contribution in [2.45, 2.75) is 12.0 Å². The van der Waals surface area contributed by atoms with Gasteiger partial charge in [0.25, 0.3) is 5.91 Å². The second-order valence-electron chi connectivity index (χ2n) is 6.23. The number of Topliss-reactive ketones (excluding diaryl/α,β-unsaturated/α-hetero) is 1. The minimum absolute atomic E-state index is 0.153. The van der Waals surface area contributed by atoms with Crippen LogP contribution in [-0.4, -0.2) is 29.9 Å². The molecule has 0 aliphatic carbocycles. The largest absolute Gasteiger partial charge is 0.375 e. The average molecular weight is 377 g/mol. The number of aliphatic hydroxyl groups is 1. The molecule has 2 aliphatic rings. The molecule has 1 fully saturated rings. The van der Waals surface area contributed by atoms with Crippen molar-refractivity contribution in [3.05, 3.63) is 57.6 Å². The first-order valence-corrected chi connectivity index (χ1v) is 8.56. The first kappa shape index (κ1) is 16.4. The zero-order valence-electron chi connectivity index (χ0n) is 13.1. The molecule has 2 heterocycles. The number of hydrogen-bond acceptors (Lipinski definition) is 4. The van der Waals surface area contributed by atoms with Gasteiger partial charge in [0, 0.05) is 34.9 Å². The molecule has 2 aromatic rings. The van der Waals surface area contributed by atoms with Crippen LogP contribution < -0.4 is 10.2 Å². The van der Waals surface area contributed by atoms with Crippen LogP contribution >= 0.6 is 23.2 Å². The molecule has 0 spiro atoms. The van der Waals surface area contributed by atoms with E-state index < -0.39 is 17.9 Å². The summed E-state index contributed by atoms with van der Waals surface area (Å²) in [5.41, 5.74) is -0.146. The van der Waals surface area contributed by atoms with Gasteiger partial charge < -0.3 is 15.3 Å². The van der Waals surface area contributed by atoms with Crippen LogP contribution in [0.1, 0.15) is 22.3 Å². The molecule has 4 rings (SSSR count). The van der Waals surface area contributed by atoms with Crippen molar-refractivity contribution in [3.63, 3.8) is 0 Å². The summed E-state index contributed by atoms with van der Waals surface area (Å²) in [5.74, 6) is -1.05. The second-order valence-corrected chi connectivity index (χ2v) is 7.04. The molecular weight excluding hydrogens is 363 g/mol. The number of fused-ring (bicyclic) bond motifs is 1. The lowest BCUT2D eigenvalue weighted by Gasteiger charge is -2.21. The lowest BCUT2D eigenvalue weighted by molar-refractivity contribution is -0.133. The molecular formula is C18H14Cl2N2O3. The Bertz CT molecular complexity index is 894. The predicted octanol–water partition coefficient (Wildman–Crippen LogP) is 3.23. The van der Waals surface area contributed by atoms with Gasteiger partial charge in [0.05, 0.1) is 17.1 Å². The van der Waals surface area contributed by atoms with Crippen LogP contribution in [0.2, 0.25) is 10.0 Å². The fourth-order valence-corrected chi connectivity index (χ4v) is 3.60. The van der Waals surface area contributed by atoms with Crippen LogP contribution in [0.5, 0.6) is 0 Å². The van der Waals surface area contributed by atoms with E-state index in [0.717, 1.165) is 18.8 Å². The summed E-state index contributed by atoms with van der Waals surface area (Å²) in [6, 6.07) is 10.1. The predicted molar refractivity (Wildman–Crippen MR) is 96.6 cm³/mol. The molecule has 7 heteroatoms. The molecule has 0 aromatic heterocycles. The van der Waals surface area contributed by atoms with Crippen LogP contribution in [0.4, 0.5) is 11.4 Å². The summed E-state index contributed by atoms with van der Waals surface area (Å²) in [6.07, 6.45) is -0.408. The number of amides is 1. The van der Waals surface area contributed by atoms with Crippen molar-refractivity contribution in [1.29, 1.82) is 0 Å². The Morgan fingerprint density at radius 2 is 1.76 bits per heavy atom. The van der Waals surface area contributed by atoms with Gasteiger partial charge in [-0.3, -0.25) is 9.59 Å². The molecule has 1 amide bonds. The quantitative estimate of drug-likeness (QED) is 0.634. The van der Waals surface area contributed by atoms with Gasteiger partial charge in [-0.2, -0.15) is 0 Å². The highest BCUT2D eigenvalue weighted by Crippen LogP contribution is 2.46. The topological polar surface area (TPSA) is 69.4 Å². The molecule has 2 aromatic carbocycles. The van der Waals surface area contributed by atoms with Crippen molar-refractivity contribution in [2.24, 2.45) is 0 Å². The van der Waals surface area contributed by atoms with E-state index in [4.69, 9.17) is 23.2 Å². The van der Waals surface area contributed by atoms with Gasteiger partial charge in [-0.05, 0) is 36.4 Å². The molecule has 1 saturated heterocycles. The number of benzene rings is 2. The highest BCUT2D eigenvalue weighted by Gasteiger charge is 2.49. The van der Waals surface area contributed by atoms with Crippen molar-refractivity contribution >= 4 is 46.3 Å². The summed E-state index contributed by atoms with van der Waals surface area (Å²) in [6.45, 7) is 2.03. The molecule has 25 heavy (non-hydrogen) atoms. The van der Waals surface area contributed by atoms with Gasteiger partial charge >= 0.3 is 0 Å². The SMILES string of the molecule is O=C(C[C@]1(O)C(=O)Nc2c(Cl)ccc(Cl)c21)c1ccc(N2CC2)cc1. The third-order valence-electron chi connectivity index (χ3n) is 4.55. The van der Waals surface area contributed by atoms with E-state index in [9.17, 15) is 14.7 Å². The number of nitrogens with one attached hydrogen (secondary N) is 1. The molecule has 5 nitrogen and oxygen atoms in total. The van der Waals surface area contributed by atoms with Gasteiger partial charge in [-0.15, -0.1) is 0 Å². The van der Waals surface area contributed by atoms with E-state index in [-0.39, 0.29) is 27.1 Å². The third kappa shape index (κ3) is 2.68. The number of carbonyl (C=O) groups excluding carboxylic acids is 2. The summed E-state index contributed by atoms with van der Waals surface area (Å²) in [7, 11) is 0. The Balaban J connectivity index is 1.65. The van der Waals surface area contributed by atoms with Crippen molar-refractivity contribution < 1.29 is 14.7 Å². The van der Waals surface area contributed by atoms with Gasteiger partial charge in [-0.25, -0.2) is 0 Å². The number of nitrogens with zero attached hydrogens (tertiary/aromatic N) is 1. The molecule has 0 saturated carbocycles. The smallest absolute Gasteiger partial charge is 0.261 e. The number of hydrogen-bond donors (Lipinski definition) is 2. The van der Waals surface area contributed by atoms with Crippen LogP contribution in [0.15, 0.2) is 36.4 Å². The summed E-state index contributed by atoms with van der Waals surface area (Å²) >= 11 is 12.2. The van der Waals surface area contributed by atoms with Crippen molar-refractivity contribution in [1.82, 2.24) is 0 Å². The number of anilines is 2. The maximum atomic E-state index is 12.6. The average Bonchev–Trinajstić information content (AvgIpc) is 3.39. The van der Waals surface area contributed by atoms with E-state index in [1.807, 2.05) is 12.1 Å². The molecule has 0 unspecified atom stereocenters. The lowest BCUT2D eigenvalue weighted by Crippen LogP contribution is -2.36.